The van der Waals surface area contributed by atoms with Crippen LogP contribution in [0.3, 0.4) is 0 Å². The van der Waals surface area contributed by atoms with Crippen molar-refractivity contribution in [2.45, 2.75) is 44.2 Å². The molecule has 0 bridgehead atoms. The normalized spacial score (nSPS) is 20.0. The number of amides is 4. The van der Waals surface area contributed by atoms with Gasteiger partial charge in [0.25, 0.3) is 5.91 Å². The number of carbonyl (C=O) groups is 3. The lowest BCUT2D eigenvalue weighted by atomic mass is 9.98. The summed E-state index contributed by atoms with van der Waals surface area (Å²) < 4.78 is 26.7. The van der Waals surface area contributed by atoms with Gasteiger partial charge in [-0.3, -0.25) is 14.5 Å². The molecule has 8 heteroatoms. The molecule has 0 radical (unpaired) electrons. The summed E-state index contributed by atoms with van der Waals surface area (Å²) in [5.74, 6) is -2.45. The third-order valence-corrected chi connectivity index (χ3v) is 4.81. The van der Waals surface area contributed by atoms with E-state index in [4.69, 9.17) is 0 Å². The molecule has 1 aromatic rings. The van der Waals surface area contributed by atoms with Crippen molar-refractivity contribution in [1.29, 1.82) is 0 Å². The van der Waals surface area contributed by atoms with Crippen LogP contribution in [0.1, 0.15) is 44.2 Å². The van der Waals surface area contributed by atoms with Crippen molar-refractivity contribution in [2.75, 3.05) is 6.54 Å². The SMILES string of the molecule is C[C@@H](NC(=O)CN1C(=O)NC2(CCCC2)C1=O)c1ccc(F)cc1F. The number of rotatable bonds is 4. The van der Waals surface area contributed by atoms with E-state index in [0.29, 0.717) is 12.8 Å². The van der Waals surface area contributed by atoms with E-state index in [2.05, 4.69) is 10.6 Å². The first-order valence-electron chi connectivity index (χ1n) is 8.21. The van der Waals surface area contributed by atoms with Gasteiger partial charge in [-0.2, -0.15) is 0 Å². The number of urea groups is 1. The van der Waals surface area contributed by atoms with Crippen LogP contribution in [0.4, 0.5) is 13.6 Å². The predicted octanol–water partition coefficient (Wildman–Crippen LogP) is 2.01. The highest BCUT2D eigenvalue weighted by molar-refractivity contribution is 6.09. The highest BCUT2D eigenvalue weighted by Crippen LogP contribution is 2.34. The molecule has 1 spiro atoms. The average molecular weight is 351 g/mol. The van der Waals surface area contributed by atoms with E-state index in [1.807, 2.05) is 0 Å². The summed E-state index contributed by atoms with van der Waals surface area (Å²) in [4.78, 5) is 37.6. The molecule has 2 fully saturated rings. The minimum absolute atomic E-state index is 0.124. The van der Waals surface area contributed by atoms with E-state index < -0.39 is 41.7 Å². The van der Waals surface area contributed by atoms with Crippen LogP contribution in [0.15, 0.2) is 18.2 Å². The zero-order chi connectivity index (χ0) is 18.2. The van der Waals surface area contributed by atoms with Gasteiger partial charge in [0, 0.05) is 11.6 Å². The van der Waals surface area contributed by atoms with Crippen molar-refractivity contribution in [3.8, 4) is 0 Å². The Morgan fingerprint density at radius 2 is 2.00 bits per heavy atom. The summed E-state index contributed by atoms with van der Waals surface area (Å²) >= 11 is 0. The second-order valence-corrected chi connectivity index (χ2v) is 6.57. The topological polar surface area (TPSA) is 78.5 Å². The maximum absolute atomic E-state index is 13.8. The van der Waals surface area contributed by atoms with Crippen molar-refractivity contribution in [1.82, 2.24) is 15.5 Å². The molecule has 1 aromatic carbocycles. The van der Waals surface area contributed by atoms with E-state index in [9.17, 15) is 23.2 Å². The van der Waals surface area contributed by atoms with Crippen LogP contribution in [0.2, 0.25) is 0 Å². The maximum atomic E-state index is 13.8. The molecule has 6 nitrogen and oxygen atoms in total. The molecule has 3 rings (SSSR count). The lowest BCUT2D eigenvalue weighted by molar-refractivity contribution is -0.135. The summed E-state index contributed by atoms with van der Waals surface area (Å²) in [6.45, 7) is 1.11. The van der Waals surface area contributed by atoms with Crippen molar-refractivity contribution in [3.05, 3.63) is 35.4 Å². The fourth-order valence-corrected chi connectivity index (χ4v) is 3.50. The molecule has 0 aromatic heterocycles. The smallest absolute Gasteiger partial charge is 0.325 e. The van der Waals surface area contributed by atoms with Crippen LogP contribution in [-0.4, -0.2) is 34.8 Å². The molecular formula is C17H19F2N3O3. The Kier molecular flexibility index (Phi) is 4.45. The number of hydrogen-bond acceptors (Lipinski definition) is 3. The van der Waals surface area contributed by atoms with Crippen molar-refractivity contribution in [2.24, 2.45) is 0 Å². The third-order valence-electron chi connectivity index (χ3n) is 4.81. The minimum atomic E-state index is -0.869. The fraction of sp³-hybridized carbons (Fsp3) is 0.471. The Morgan fingerprint density at radius 3 is 2.64 bits per heavy atom. The van der Waals surface area contributed by atoms with Gasteiger partial charge in [-0.15, -0.1) is 0 Å². The number of imide groups is 1. The zero-order valence-corrected chi connectivity index (χ0v) is 13.8. The highest BCUT2D eigenvalue weighted by Gasteiger charge is 2.52. The molecule has 134 valence electrons. The van der Waals surface area contributed by atoms with Crippen molar-refractivity contribution in [3.63, 3.8) is 0 Å². The first-order valence-corrected chi connectivity index (χ1v) is 8.21. The van der Waals surface area contributed by atoms with Gasteiger partial charge in [-0.25, -0.2) is 13.6 Å². The molecule has 2 aliphatic rings. The number of halogens is 2. The van der Waals surface area contributed by atoms with Gasteiger partial charge in [0.1, 0.15) is 23.7 Å². The molecule has 0 unspecified atom stereocenters. The van der Waals surface area contributed by atoms with Crippen LogP contribution in [0.25, 0.3) is 0 Å². The van der Waals surface area contributed by atoms with Crippen LogP contribution < -0.4 is 10.6 Å². The van der Waals surface area contributed by atoms with Crippen molar-refractivity contribution < 1.29 is 23.2 Å². The predicted molar refractivity (Wildman–Crippen MR) is 84.4 cm³/mol. The summed E-state index contributed by atoms with van der Waals surface area (Å²) in [5.41, 5.74) is -0.745. The second kappa shape index (κ2) is 6.42. The monoisotopic (exact) mass is 351 g/mol. The summed E-state index contributed by atoms with van der Waals surface area (Å²) in [7, 11) is 0. The Labute approximate surface area is 143 Å². The molecule has 25 heavy (non-hydrogen) atoms. The molecule has 4 amide bonds. The number of hydrogen-bond donors (Lipinski definition) is 2. The Balaban J connectivity index is 1.64. The van der Waals surface area contributed by atoms with Gasteiger partial charge in [-0.05, 0) is 25.8 Å². The van der Waals surface area contributed by atoms with Gasteiger partial charge in [-0.1, -0.05) is 18.9 Å². The Bertz CT molecular complexity index is 732. The van der Waals surface area contributed by atoms with E-state index in [-0.39, 0.29) is 11.5 Å². The van der Waals surface area contributed by atoms with Gasteiger partial charge >= 0.3 is 6.03 Å². The Hall–Kier alpha value is -2.51. The number of benzene rings is 1. The Morgan fingerprint density at radius 1 is 1.32 bits per heavy atom. The van der Waals surface area contributed by atoms with Crippen LogP contribution in [0.5, 0.6) is 0 Å². The molecule has 1 heterocycles. The van der Waals surface area contributed by atoms with E-state index in [1.165, 1.54) is 6.07 Å². The molecule has 1 atom stereocenters. The average Bonchev–Trinajstić information content (AvgIpc) is 3.08. The highest BCUT2D eigenvalue weighted by atomic mass is 19.1. The van der Waals surface area contributed by atoms with E-state index in [1.54, 1.807) is 6.92 Å². The van der Waals surface area contributed by atoms with Gasteiger partial charge < -0.3 is 10.6 Å². The number of carbonyl (C=O) groups excluding carboxylic acids is 3. The van der Waals surface area contributed by atoms with Crippen LogP contribution >= 0.6 is 0 Å². The first kappa shape index (κ1) is 17.3. The standard InChI is InChI=1S/C17H19F2N3O3/c1-10(12-5-4-11(18)8-13(12)19)20-14(23)9-22-15(24)17(21-16(22)25)6-2-3-7-17/h4-5,8,10H,2-3,6-7,9H2,1H3,(H,20,23)(H,21,25)/t10-/m1/s1. The summed E-state index contributed by atoms with van der Waals surface area (Å²) in [6.07, 6.45) is 2.86. The number of nitrogens with one attached hydrogen (secondary N) is 2. The van der Waals surface area contributed by atoms with Gasteiger partial charge in [0.05, 0.1) is 6.04 Å². The van der Waals surface area contributed by atoms with E-state index >= 15 is 0 Å². The maximum Gasteiger partial charge on any atom is 0.325 e. The van der Waals surface area contributed by atoms with Crippen LogP contribution in [-0.2, 0) is 9.59 Å². The molecule has 1 aliphatic heterocycles. The molecule has 1 aliphatic carbocycles. The lowest BCUT2D eigenvalue weighted by Crippen LogP contribution is -2.45. The molecule has 2 N–H and O–H groups in total. The summed E-state index contributed by atoms with van der Waals surface area (Å²) in [5, 5.41) is 5.22. The number of nitrogens with zero attached hydrogens (tertiary/aromatic N) is 1. The summed E-state index contributed by atoms with van der Waals surface area (Å²) in [6, 6.07) is 1.77. The second-order valence-electron chi connectivity index (χ2n) is 6.57. The first-order chi connectivity index (χ1) is 11.8. The van der Waals surface area contributed by atoms with Gasteiger partial charge in [0.15, 0.2) is 0 Å². The van der Waals surface area contributed by atoms with Crippen LogP contribution in [0, 0.1) is 11.6 Å². The largest absolute Gasteiger partial charge is 0.348 e. The molecule has 1 saturated heterocycles. The lowest BCUT2D eigenvalue weighted by Gasteiger charge is -2.20. The third kappa shape index (κ3) is 3.20. The zero-order valence-electron chi connectivity index (χ0n) is 13.8. The van der Waals surface area contributed by atoms with Crippen molar-refractivity contribution >= 4 is 17.8 Å². The minimum Gasteiger partial charge on any atom is -0.348 e. The van der Waals surface area contributed by atoms with Gasteiger partial charge in [0.2, 0.25) is 5.91 Å². The quantitative estimate of drug-likeness (QED) is 0.815. The molecule has 1 saturated carbocycles. The molecular weight excluding hydrogens is 332 g/mol. The fourth-order valence-electron chi connectivity index (χ4n) is 3.50. The van der Waals surface area contributed by atoms with E-state index in [0.717, 1.165) is 29.9 Å².